The van der Waals surface area contributed by atoms with Gasteiger partial charge in [0.05, 0.1) is 10.3 Å². The number of nitrogen functional groups attached to an aromatic ring is 1. The van der Waals surface area contributed by atoms with Crippen LogP contribution in [-0.2, 0) is 4.79 Å². The lowest BCUT2D eigenvalue weighted by Crippen LogP contribution is -2.37. The van der Waals surface area contributed by atoms with Crippen LogP contribution in [0, 0.1) is 15.5 Å². The van der Waals surface area contributed by atoms with Crippen LogP contribution in [0.1, 0.15) is 13.3 Å². The summed E-state index contributed by atoms with van der Waals surface area (Å²) in [6, 6.07) is 0. The molecule has 1 amide bonds. The highest BCUT2D eigenvalue weighted by atomic mass is 16.6. The van der Waals surface area contributed by atoms with E-state index in [4.69, 9.17) is 11.5 Å². The molecule has 1 aliphatic rings. The van der Waals surface area contributed by atoms with Gasteiger partial charge in [0.25, 0.3) is 0 Å². The Morgan fingerprint density at radius 3 is 2.79 bits per heavy atom. The van der Waals surface area contributed by atoms with Gasteiger partial charge in [-0.15, -0.1) is 0 Å². The molecular weight excluding hydrogens is 252 g/mol. The minimum absolute atomic E-state index is 0.127. The lowest BCUT2D eigenvalue weighted by atomic mass is 9.89. The largest absolute Gasteiger partial charge is 0.378 e. The van der Waals surface area contributed by atoms with Gasteiger partial charge >= 0.3 is 5.69 Å². The quantitative estimate of drug-likeness (QED) is 0.563. The van der Waals surface area contributed by atoms with Crippen LogP contribution in [0.5, 0.6) is 0 Å². The molecule has 2 rings (SSSR count). The van der Waals surface area contributed by atoms with E-state index in [9.17, 15) is 14.9 Å². The van der Waals surface area contributed by atoms with Crippen LogP contribution >= 0.6 is 0 Å². The number of amides is 1. The molecule has 0 bridgehead atoms. The van der Waals surface area contributed by atoms with Crippen molar-refractivity contribution < 1.29 is 9.72 Å². The first-order chi connectivity index (χ1) is 8.85. The minimum Gasteiger partial charge on any atom is -0.378 e. The molecule has 1 atom stereocenters. The topological polar surface area (TPSA) is 141 Å². The van der Waals surface area contributed by atoms with E-state index in [0.29, 0.717) is 13.0 Å². The average molecular weight is 266 g/mol. The van der Waals surface area contributed by atoms with Crippen LogP contribution in [0.4, 0.5) is 17.3 Å². The molecule has 9 heteroatoms. The number of nitro groups is 1. The molecule has 0 aliphatic carbocycles. The normalized spacial score (nSPS) is 22.5. The molecule has 9 nitrogen and oxygen atoms in total. The lowest BCUT2D eigenvalue weighted by Gasteiger charge is -2.21. The first kappa shape index (κ1) is 13.0. The third-order valence-electron chi connectivity index (χ3n) is 3.38. The molecule has 1 aromatic heterocycles. The third kappa shape index (κ3) is 2.14. The third-order valence-corrected chi connectivity index (χ3v) is 3.38. The first-order valence-corrected chi connectivity index (χ1v) is 5.65. The standard InChI is InChI=1S/C10H14N6O3/c1-10(9(12)17)2-3-15(4-10)8-6(16(18)19)7(11)13-5-14-8/h5H,2-4H2,1H3,(H2,12,17)(H2,11,13,14). The van der Waals surface area contributed by atoms with Crippen molar-refractivity contribution in [2.45, 2.75) is 13.3 Å². The zero-order valence-corrected chi connectivity index (χ0v) is 10.4. The molecule has 0 radical (unpaired) electrons. The fraction of sp³-hybridized carbons (Fsp3) is 0.500. The maximum atomic E-state index is 11.4. The van der Waals surface area contributed by atoms with Gasteiger partial charge in [0.2, 0.25) is 17.5 Å². The molecule has 1 fully saturated rings. The molecule has 1 aliphatic heterocycles. The highest BCUT2D eigenvalue weighted by Crippen LogP contribution is 2.37. The summed E-state index contributed by atoms with van der Waals surface area (Å²) in [7, 11) is 0. The number of aromatic nitrogens is 2. The number of primary amides is 1. The van der Waals surface area contributed by atoms with Gasteiger partial charge < -0.3 is 16.4 Å². The van der Waals surface area contributed by atoms with E-state index in [1.165, 1.54) is 0 Å². The van der Waals surface area contributed by atoms with E-state index in [-0.39, 0.29) is 23.9 Å². The molecule has 4 N–H and O–H groups in total. The van der Waals surface area contributed by atoms with Gasteiger partial charge in [-0.2, -0.15) is 0 Å². The molecule has 1 aromatic rings. The van der Waals surface area contributed by atoms with Crippen molar-refractivity contribution in [1.82, 2.24) is 9.97 Å². The SMILES string of the molecule is CC1(C(N)=O)CCN(c2ncnc(N)c2[N+](=O)[O-])C1. The second-order valence-corrected chi connectivity index (χ2v) is 4.78. The molecule has 1 saturated heterocycles. The summed E-state index contributed by atoms with van der Waals surface area (Å²) in [6.45, 7) is 2.46. The summed E-state index contributed by atoms with van der Waals surface area (Å²) < 4.78 is 0. The Balaban J connectivity index is 2.37. The molecule has 102 valence electrons. The van der Waals surface area contributed by atoms with E-state index in [1.54, 1.807) is 11.8 Å². The molecule has 2 heterocycles. The number of carbonyl (C=O) groups is 1. The van der Waals surface area contributed by atoms with Gasteiger partial charge in [0.1, 0.15) is 6.33 Å². The number of anilines is 2. The van der Waals surface area contributed by atoms with Crippen LogP contribution in [0.25, 0.3) is 0 Å². The highest BCUT2D eigenvalue weighted by Gasteiger charge is 2.41. The molecule has 0 aromatic carbocycles. The highest BCUT2D eigenvalue weighted by molar-refractivity contribution is 5.82. The van der Waals surface area contributed by atoms with Crippen LogP contribution in [0.3, 0.4) is 0 Å². The summed E-state index contributed by atoms with van der Waals surface area (Å²) in [5.74, 6) is -0.496. The van der Waals surface area contributed by atoms with Crippen molar-refractivity contribution in [3.8, 4) is 0 Å². The van der Waals surface area contributed by atoms with Crippen molar-refractivity contribution in [3.63, 3.8) is 0 Å². The number of nitrogens with zero attached hydrogens (tertiary/aromatic N) is 4. The van der Waals surface area contributed by atoms with E-state index in [0.717, 1.165) is 6.33 Å². The van der Waals surface area contributed by atoms with E-state index in [2.05, 4.69) is 9.97 Å². The molecule has 0 spiro atoms. The summed E-state index contributed by atoms with van der Waals surface area (Å²) in [6.07, 6.45) is 1.68. The first-order valence-electron chi connectivity index (χ1n) is 5.65. The second kappa shape index (κ2) is 4.34. The zero-order valence-electron chi connectivity index (χ0n) is 10.4. The Hall–Kier alpha value is -2.45. The van der Waals surface area contributed by atoms with Crippen molar-refractivity contribution in [1.29, 1.82) is 0 Å². The van der Waals surface area contributed by atoms with Crippen molar-refractivity contribution in [2.75, 3.05) is 23.7 Å². The molecule has 19 heavy (non-hydrogen) atoms. The number of nitrogens with two attached hydrogens (primary N) is 2. The van der Waals surface area contributed by atoms with E-state index >= 15 is 0 Å². The van der Waals surface area contributed by atoms with Gasteiger partial charge in [-0.3, -0.25) is 14.9 Å². The predicted octanol–water partition coefficient (Wildman–Crippen LogP) is -0.331. The number of rotatable bonds is 3. The van der Waals surface area contributed by atoms with E-state index in [1.807, 2.05) is 0 Å². The summed E-state index contributed by atoms with van der Waals surface area (Å²) >= 11 is 0. The zero-order chi connectivity index (χ0) is 14.2. The summed E-state index contributed by atoms with van der Waals surface area (Å²) in [5, 5.41) is 11.0. The Bertz CT molecular complexity index is 548. The van der Waals surface area contributed by atoms with Crippen LogP contribution in [0.2, 0.25) is 0 Å². The molecule has 1 unspecified atom stereocenters. The number of hydrogen-bond donors (Lipinski definition) is 2. The van der Waals surface area contributed by atoms with Gasteiger partial charge in [-0.25, -0.2) is 9.97 Å². The predicted molar refractivity (Wildman–Crippen MR) is 67.2 cm³/mol. The monoisotopic (exact) mass is 266 g/mol. The van der Waals surface area contributed by atoms with Crippen molar-refractivity contribution >= 4 is 23.2 Å². The average Bonchev–Trinajstić information content (AvgIpc) is 2.72. The van der Waals surface area contributed by atoms with Gasteiger partial charge in [-0.1, -0.05) is 0 Å². The summed E-state index contributed by atoms with van der Waals surface area (Å²) in [5.41, 5.74) is 9.80. The van der Waals surface area contributed by atoms with Crippen molar-refractivity contribution in [3.05, 3.63) is 16.4 Å². The second-order valence-electron chi connectivity index (χ2n) is 4.78. The molecular formula is C10H14N6O3. The van der Waals surface area contributed by atoms with Gasteiger partial charge in [-0.05, 0) is 13.3 Å². The van der Waals surface area contributed by atoms with Crippen LogP contribution in [-0.4, -0.2) is 33.9 Å². The maximum Gasteiger partial charge on any atom is 0.353 e. The van der Waals surface area contributed by atoms with Crippen LogP contribution < -0.4 is 16.4 Å². The molecule has 0 saturated carbocycles. The number of hydrogen-bond acceptors (Lipinski definition) is 7. The van der Waals surface area contributed by atoms with Gasteiger partial charge in [0, 0.05) is 13.1 Å². The van der Waals surface area contributed by atoms with E-state index < -0.39 is 16.2 Å². The fourth-order valence-corrected chi connectivity index (χ4v) is 2.13. The van der Waals surface area contributed by atoms with Gasteiger partial charge in [0.15, 0.2) is 0 Å². The maximum absolute atomic E-state index is 11.4. The lowest BCUT2D eigenvalue weighted by molar-refractivity contribution is -0.383. The van der Waals surface area contributed by atoms with Crippen molar-refractivity contribution in [2.24, 2.45) is 11.1 Å². The Morgan fingerprint density at radius 1 is 1.58 bits per heavy atom. The van der Waals surface area contributed by atoms with Crippen LogP contribution in [0.15, 0.2) is 6.33 Å². The fourth-order valence-electron chi connectivity index (χ4n) is 2.13. The Labute approximate surface area is 108 Å². The summed E-state index contributed by atoms with van der Waals surface area (Å²) in [4.78, 5) is 31.0. The Morgan fingerprint density at radius 2 is 2.26 bits per heavy atom. The minimum atomic E-state index is -0.715. The smallest absolute Gasteiger partial charge is 0.353 e. The number of carbonyl (C=O) groups excluding carboxylic acids is 1. The Kier molecular flexibility index (Phi) is 2.97.